The highest BCUT2D eigenvalue weighted by Gasteiger charge is 2.50. The van der Waals surface area contributed by atoms with E-state index in [0.717, 1.165) is 0 Å². The summed E-state index contributed by atoms with van der Waals surface area (Å²) in [5.74, 6) is 0. The molecule has 0 aliphatic heterocycles. The summed E-state index contributed by atoms with van der Waals surface area (Å²) in [5, 5.41) is 21.2. The summed E-state index contributed by atoms with van der Waals surface area (Å²) in [6.07, 6.45) is -0.864. The van der Waals surface area contributed by atoms with Crippen molar-refractivity contribution in [2.75, 3.05) is 13.2 Å². The van der Waals surface area contributed by atoms with Crippen LogP contribution in [-0.4, -0.2) is 37.8 Å². The lowest BCUT2D eigenvalue weighted by Crippen LogP contribution is -2.67. The van der Waals surface area contributed by atoms with E-state index in [4.69, 9.17) is 9.53 Å². The Labute approximate surface area is 139 Å². The van der Waals surface area contributed by atoms with Gasteiger partial charge in [0.05, 0.1) is 19.3 Å². The van der Waals surface area contributed by atoms with Gasteiger partial charge < -0.3 is 14.6 Å². The van der Waals surface area contributed by atoms with Crippen molar-refractivity contribution < 1.29 is 14.6 Å². The van der Waals surface area contributed by atoms with E-state index < -0.39 is 14.4 Å². The molecule has 0 aliphatic carbocycles. The first-order chi connectivity index (χ1) is 10.9. The summed E-state index contributed by atoms with van der Waals surface area (Å²) in [4.78, 5) is 0. The zero-order valence-electron chi connectivity index (χ0n) is 14.1. The molecule has 0 saturated heterocycles. The van der Waals surface area contributed by atoms with Crippen molar-refractivity contribution in [3.8, 4) is 0 Å². The Morgan fingerprint density at radius 1 is 0.913 bits per heavy atom. The number of hydrogen-bond donors (Lipinski definition) is 2. The molecule has 0 aliphatic rings. The van der Waals surface area contributed by atoms with Crippen molar-refractivity contribution in [3.05, 3.63) is 60.7 Å². The van der Waals surface area contributed by atoms with Gasteiger partial charge in [0.25, 0.3) is 8.32 Å². The maximum Gasteiger partial charge on any atom is 0.261 e. The van der Waals surface area contributed by atoms with Crippen LogP contribution in [-0.2, 0) is 4.43 Å². The van der Waals surface area contributed by atoms with Gasteiger partial charge in [-0.05, 0) is 15.4 Å². The molecule has 2 rings (SSSR count). The SMILES string of the molecule is CC(C)(C)[Si](OCC(O)CO)(c1ccccc1)c1ccccc1. The first-order valence-corrected chi connectivity index (χ1v) is 9.86. The fourth-order valence-corrected chi connectivity index (χ4v) is 7.63. The highest BCUT2D eigenvalue weighted by molar-refractivity contribution is 6.99. The quantitative estimate of drug-likeness (QED) is 0.796. The Morgan fingerprint density at radius 3 is 1.70 bits per heavy atom. The molecule has 0 saturated carbocycles. The Kier molecular flexibility index (Phi) is 5.76. The number of aliphatic hydroxyl groups is 2. The fraction of sp³-hybridized carbons (Fsp3) is 0.368. The van der Waals surface area contributed by atoms with Crippen LogP contribution < -0.4 is 10.4 Å². The van der Waals surface area contributed by atoms with Gasteiger partial charge >= 0.3 is 0 Å². The third kappa shape index (κ3) is 3.72. The molecular weight excluding hydrogens is 304 g/mol. The molecule has 0 heterocycles. The van der Waals surface area contributed by atoms with Crippen LogP contribution in [0.25, 0.3) is 0 Å². The molecule has 0 fully saturated rings. The summed E-state index contributed by atoms with van der Waals surface area (Å²) in [6.45, 7) is 6.39. The van der Waals surface area contributed by atoms with Gasteiger partial charge in [0.15, 0.2) is 0 Å². The topological polar surface area (TPSA) is 49.7 Å². The molecule has 1 unspecified atom stereocenters. The van der Waals surface area contributed by atoms with Crippen molar-refractivity contribution in [3.63, 3.8) is 0 Å². The highest BCUT2D eigenvalue weighted by Crippen LogP contribution is 2.36. The predicted molar refractivity (Wildman–Crippen MR) is 96.7 cm³/mol. The van der Waals surface area contributed by atoms with E-state index in [2.05, 4.69) is 45.0 Å². The second-order valence-electron chi connectivity index (χ2n) is 6.81. The molecule has 0 amide bonds. The largest absolute Gasteiger partial charge is 0.405 e. The molecule has 124 valence electrons. The third-order valence-corrected chi connectivity index (χ3v) is 9.12. The molecule has 3 nitrogen and oxygen atoms in total. The minimum atomic E-state index is -2.60. The van der Waals surface area contributed by atoms with Crippen molar-refractivity contribution in [1.82, 2.24) is 0 Å². The average molecular weight is 331 g/mol. The first-order valence-electron chi connectivity index (χ1n) is 7.96. The van der Waals surface area contributed by atoms with E-state index in [0.29, 0.717) is 0 Å². The average Bonchev–Trinajstić information content (AvgIpc) is 2.56. The molecule has 0 aromatic heterocycles. The Balaban J connectivity index is 2.60. The van der Waals surface area contributed by atoms with Gasteiger partial charge in [-0.25, -0.2) is 0 Å². The summed E-state index contributed by atoms with van der Waals surface area (Å²) in [5.41, 5.74) is 0. The molecule has 2 N–H and O–H groups in total. The maximum atomic E-state index is 9.83. The summed E-state index contributed by atoms with van der Waals surface area (Å²) in [6, 6.07) is 20.5. The Morgan fingerprint density at radius 2 is 1.35 bits per heavy atom. The van der Waals surface area contributed by atoms with Crippen LogP contribution in [0.1, 0.15) is 20.8 Å². The van der Waals surface area contributed by atoms with Crippen molar-refractivity contribution in [2.45, 2.75) is 31.9 Å². The van der Waals surface area contributed by atoms with E-state index in [9.17, 15) is 5.11 Å². The van der Waals surface area contributed by atoms with Crippen LogP contribution in [0.3, 0.4) is 0 Å². The molecule has 0 spiro atoms. The lowest BCUT2D eigenvalue weighted by Gasteiger charge is -2.43. The fourth-order valence-electron chi connectivity index (χ4n) is 3.04. The molecule has 1 atom stereocenters. The number of hydrogen-bond acceptors (Lipinski definition) is 3. The van der Waals surface area contributed by atoms with Gasteiger partial charge in [0, 0.05) is 0 Å². The van der Waals surface area contributed by atoms with Crippen LogP contribution in [0.5, 0.6) is 0 Å². The minimum absolute atomic E-state index is 0.120. The molecule has 2 aromatic rings. The zero-order valence-corrected chi connectivity index (χ0v) is 15.1. The molecule has 4 heteroatoms. The zero-order chi connectivity index (χ0) is 16.9. The Bertz CT molecular complexity index is 554. The number of benzene rings is 2. The standard InChI is InChI=1S/C19H26O3Si/c1-19(2,3)23(22-15-16(21)14-20,17-10-6-4-7-11-17)18-12-8-5-9-13-18/h4-13,16,20-21H,14-15H2,1-3H3. The monoisotopic (exact) mass is 330 g/mol. The van der Waals surface area contributed by atoms with E-state index in [1.165, 1.54) is 10.4 Å². The maximum absolute atomic E-state index is 9.83. The molecule has 0 bridgehead atoms. The van der Waals surface area contributed by atoms with Crippen LogP contribution in [0.4, 0.5) is 0 Å². The lowest BCUT2D eigenvalue weighted by molar-refractivity contribution is 0.0503. The van der Waals surface area contributed by atoms with E-state index >= 15 is 0 Å². The first kappa shape index (κ1) is 17.9. The smallest absolute Gasteiger partial charge is 0.261 e. The van der Waals surface area contributed by atoms with E-state index in [1.807, 2.05) is 36.4 Å². The van der Waals surface area contributed by atoms with Crippen molar-refractivity contribution in [1.29, 1.82) is 0 Å². The molecule has 23 heavy (non-hydrogen) atoms. The normalized spacial score (nSPS) is 13.8. The van der Waals surface area contributed by atoms with Crippen LogP contribution >= 0.6 is 0 Å². The predicted octanol–water partition coefficient (Wildman–Crippen LogP) is 1.92. The Hall–Kier alpha value is -1.46. The summed E-state index contributed by atoms with van der Waals surface area (Å²) in [7, 11) is -2.60. The third-order valence-electron chi connectivity index (χ3n) is 4.12. The number of rotatable bonds is 6. The van der Waals surface area contributed by atoms with Crippen molar-refractivity contribution >= 4 is 18.7 Å². The minimum Gasteiger partial charge on any atom is -0.405 e. The summed E-state index contributed by atoms with van der Waals surface area (Å²) >= 11 is 0. The van der Waals surface area contributed by atoms with Crippen LogP contribution in [0.15, 0.2) is 60.7 Å². The second-order valence-corrected chi connectivity index (χ2v) is 11.1. The second kappa shape index (κ2) is 7.40. The molecular formula is C19H26O3Si. The van der Waals surface area contributed by atoms with Gasteiger partial charge in [0.1, 0.15) is 0 Å². The van der Waals surface area contributed by atoms with Crippen LogP contribution in [0, 0.1) is 0 Å². The number of aliphatic hydroxyl groups excluding tert-OH is 2. The van der Waals surface area contributed by atoms with E-state index in [1.54, 1.807) is 0 Å². The van der Waals surface area contributed by atoms with E-state index in [-0.39, 0.29) is 18.3 Å². The van der Waals surface area contributed by atoms with Gasteiger partial charge in [-0.3, -0.25) is 0 Å². The summed E-state index contributed by atoms with van der Waals surface area (Å²) < 4.78 is 6.45. The van der Waals surface area contributed by atoms with Gasteiger partial charge in [-0.15, -0.1) is 0 Å². The molecule has 0 radical (unpaired) electrons. The van der Waals surface area contributed by atoms with Gasteiger partial charge in [0.2, 0.25) is 0 Å². The van der Waals surface area contributed by atoms with Gasteiger partial charge in [-0.2, -0.15) is 0 Å². The molecule has 2 aromatic carbocycles. The van der Waals surface area contributed by atoms with Crippen LogP contribution in [0.2, 0.25) is 5.04 Å². The lowest BCUT2D eigenvalue weighted by atomic mass is 10.2. The van der Waals surface area contributed by atoms with Gasteiger partial charge in [-0.1, -0.05) is 81.4 Å². The van der Waals surface area contributed by atoms with Crippen molar-refractivity contribution in [2.24, 2.45) is 0 Å². The highest BCUT2D eigenvalue weighted by atomic mass is 28.4.